The van der Waals surface area contributed by atoms with Gasteiger partial charge < -0.3 is 4.90 Å². The summed E-state index contributed by atoms with van der Waals surface area (Å²) in [4.78, 5) is 2.32. The van der Waals surface area contributed by atoms with Crippen LogP contribution in [0.15, 0.2) is 164 Å². The highest BCUT2D eigenvalue weighted by Crippen LogP contribution is 2.41. The van der Waals surface area contributed by atoms with Crippen molar-refractivity contribution in [3.63, 3.8) is 0 Å². The number of para-hydroxylation sites is 2. The van der Waals surface area contributed by atoms with E-state index in [1.807, 2.05) is 22.7 Å². The Balaban J connectivity index is 1.13. The molecule has 3 heteroatoms. The molecular weight excluding hydrogens is 583 g/mol. The monoisotopic (exact) mass is 609 g/mol. The van der Waals surface area contributed by atoms with Gasteiger partial charge in [0.15, 0.2) is 0 Å². The minimum Gasteiger partial charge on any atom is -0.310 e. The highest BCUT2D eigenvalue weighted by molar-refractivity contribution is 7.26. The largest absolute Gasteiger partial charge is 0.310 e. The third-order valence-electron chi connectivity index (χ3n) is 8.65. The zero-order chi connectivity index (χ0) is 29.7. The second-order valence-electron chi connectivity index (χ2n) is 11.4. The lowest BCUT2D eigenvalue weighted by atomic mass is 9.99. The molecule has 0 N–H and O–H groups in total. The second kappa shape index (κ2) is 10.7. The molecule has 9 aromatic rings. The Morgan fingerprint density at radius 3 is 1.47 bits per heavy atom. The van der Waals surface area contributed by atoms with Crippen molar-refractivity contribution in [2.75, 3.05) is 4.90 Å². The van der Waals surface area contributed by atoms with Gasteiger partial charge in [0, 0.05) is 57.4 Å². The van der Waals surface area contributed by atoms with Crippen LogP contribution in [0, 0.1) is 0 Å². The first-order valence-electron chi connectivity index (χ1n) is 15.2. The Hall–Kier alpha value is -5.22. The maximum Gasteiger partial charge on any atom is 0.0467 e. The van der Waals surface area contributed by atoms with Crippen LogP contribution in [0.4, 0.5) is 17.1 Å². The molecule has 1 nitrogen and oxygen atoms in total. The minimum absolute atomic E-state index is 1.14. The van der Waals surface area contributed by atoms with Gasteiger partial charge in [0.25, 0.3) is 0 Å². The first kappa shape index (κ1) is 26.2. The molecule has 0 aliphatic rings. The number of anilines is 3. The zero-order valence-corrected chi connectivity index (χ0v) is 26.0. The number of nitrogens with zero attached hydrogens (tertiary/aromatic N) is 1. The van der Waals surface area contributed by atoms with Crippen LogP contribution in [-0.4, -0.2) is 0 Å². The topological polar surface area (TPSA) is 3.24 Å². The number of rotatable bonds is 5. The standard InChI is InChI=1S/C42H27NS2/c1-3-11-32(12-4-1)43(33-13-5-2-6-14-33)34-15-9-10-28(24-34)29-19-22-40-37(25-29)38-26-30(20-23-41(38)44-40)31-18-21-36-35-16-7-8-17-39(35)45-42(36)27-31/h1-27H. The first-order valence-corrected chi connectivity index (χ1v) is 16.8. The van der Waals surface area contributed by atoms with Crippen molar-refractivity contribution in [2.24, 2.45) is 0 Å². The van der Waals surface area contributed by atoms with Crippen molar-refractivity contribution in [2.45, 2.75) is 0 Å². The molecule has 0 unspecified atom stereocenters. The molecule has 0 aliphatic carbocycles. The van der Waals surface area contributed by atoms with Gasteiger partial charge in [0.05, 0.1) is 0 Å². The maximum absolute atomic E-state index is 2.38. The molecular formula is C42H27NS2. The summed E-state index contributed by atoms with van der Waals surface area (Å²) in [7, 11) is 0. The minimum atomic E-state index is 1.14. The number of hydrogen-bond acceptors (Lipinski definition) is 3. The summed E-state index contributed by atoms with van der Waals surface area (Å²) >= 11 is 3.75. The molecule has 9 rings (SSSR count). The van der Waals surface area contributed by atoms with Crippen LogP contribution in [-0.2, 0) is 0 Å². The summed E-state index contributed by atoms with van der Waals surface area (Å²) in [5.74, 6) is 0. The molecule has 45 heavy (non-hydrogen) atoms. The fourth-order valence-corrected chi connectivity index (χ4v) is 8.68. The molecule has 0 fully saturated rings. The van der Waals surface area contributed by atoms with E-state index < -0.39 is 0 Å². The van der Waals surface area contributed by atoms with Gasteiger partial charge in [-0.25, -0.2) is 0 Å². The average molecular weight is 610 g/mol. The number of hydrogen-bond donors (Lipinski definition) is 0. The van der Waals surface area contributed by atoms with Gasteiger partial charge in [-0.2, -0.15) is 0 Å². The van der Waals surface area contributed by atoms with E-state index in [9.17, 15) is 0 Å². The quantitative estimate of drug-likeness (QED) is 0.188. The van der Waals surface area contributed by atoms with Crippen molar-refractivity contribution >= 4 is 80.1 Å². The second-order valence-corrected chi connectivity index (χ2v) is 13.6. The van der Waals surface area contributed by atoms with Crippen LogP contribution >= 0.6 is 22.7 Å². The van der Waals surface area contributed by atoms with Crippen LogP contribution in [0.1, 0.15) is 0 Å². The van der Waals surface area contributed by atoms with E-state index in [-0.39, 0.29) is 0 Å². The van der Waals surface area contributed by atoms with Crippen LogP contribution in [0.5, 0.6) is 0 Å². The highest BCUT2D eigenvalue weighted by Gasteiger charge is 2.14. The third kappa shape index (κ3) is 4.60. The lowest BCUT2D eigenvalue weighted by Crippen LogP contribution is -2.09. The highest BCUT2D eigenvalue weighted by atomic mass is 32.1. The van der Waals surface area contributed by atoms with Crippen molar-refractivity contribution in [3.05, 3.63) is 164 Å². The van der Waals surface area contributed by atoms with Crippen molar-refractivity contribution in [1.29, 1.82) is 0 Å². The summed E-state index contributed by atoms with van der Waals surface area (Å²) in [6, 6.07) is 59.6. The molecule has 212 valence electrons. The van der Waals surface area contributed by atoms with E-state index >= 15 is 0 Å². The molecule has 0 amide bonds. The van der Waals surface area contributed by atoms with Gasteiger partial charge in [-0.05, 0) is 95.1 Å². The summed E-state index contributed by atoms with van der Waals surface area (Å²) in [6.07, 6.45) is 0. The maximum atomic E-state index is 2.38. The van der Waals surface area contributed by atoms with Crippen LogP contribution in [0.2, 0.25) is 0 Å². The fraction of sp³-hybridized carbons (Fsp3) is 0. The van der Waals surface area contributed by atoms with E-state index in [1.165, 1.54) is 62.6 Å². The Kier molecular flexibility index (Phi) is 6.26. The van der Waals surface area contributed by atoms with E-state index in [4.69, 9.17) is 0 Å². The molecule has 0 saturated heterocycles. The number of fused-ring (bicyclic) bond motifs is 6. The van der Waals surface area contributed by atoms with Gasteiger partial charge in [-0.15, -0.1) is 22.7 Å². The van der Waals surface area contributed by atoms with Gasteiger partial charge in [-0.3, -0.25) is 0 Å². The smallest absolute Gasteiger partial charge is 0.0467 e. The fourth-order valence-electron chi connectivity index (χ4n) is 6.47. The summed E-state index contributed by atoms with van der Waals surface area (Å²) in [5.41, 5.74) is 8.37. The SMILES string of the molecule is c1ccc(N(c2ccccc2)c2cccc(-c3ccc4sc5ccc(-c6ccc7c(c6)sc6ccccc67)cc5c4c3)c2)cc1. The molecule has 0 radical (unpaired) electrons. The van der Waals surface area contributed by atoms with Gasteiger partial charge in [-0.1, -0.05) is 91.0 Å². The van der Waals surface area contributed by atoms with Crippen molar-refractivity contribution < 1.29 is 0 Å². The molecule has 7 aromatic carbocycles. The molecule has 0 aliphatic heterocycles. The van der Waals surface area contributed by atoms with Crippen LogP contribution in [0.25, 0.3) is 62.6 Å². The Bertz CT molecular complexity index is 2450. The van der Waals surface area contributed by atoms with E-state index in [2.05, 4.69) is 169 Å². The normalized spacial score (nSPS) is 11.6. The van der Waals surface area contributed by atoms with Crippen LogP contribution in [0.3, 0.4) is 0 Å². The lowest BCUT2D eigenvalue weighted by molar-refractivity contribution is 1.28. The molecule has 0 bridgehead atoms. The predicted molar refractivity (Wildman–Crippen MR) is 198 cm³/mol. The van der Waals surface area contributed by atoms with Crippen LogP contribution < -0.4 is 4.90 Å². The molecule has 2 heterocycles. The summed E-state index contributed by atoms with van der Waals surface area (Å²) in [5, 5.41) is 5.31. The number of thiophene rings is 2. The first-order chi connectivity index (χ1) is 22.3. The summed E-state index contributed by atoms with van der Waals surface area (Å²) in [6.45, 7) is 0. The average Bonchev–Trinajstić information content (AvgIpc) is 3.66. The van der Waals surface area contributed by atoms with E-state index in [1.54, 1.807) is 0 Å². The van der Waals surface area contributed by atoms with Crippen molar-refractivity contribution in [1.82, 2.24) is 0 Å². The molecule has 0 saturated carbocycles. The van der Waals surface area contributed by atoms with Gasteiger partial charge in [0.1, 0.15) is 0 Å². The molecule has 0 spiro atoms. The molecule has 2 aromatic heterocycles. The zero-order valence-electron chi connectivity index (χ0n) is 24.4. The van der Waals surface area contributed by atoms with Crippen molar-refractivity contribution in [3.8, 4) is 22.3 Å². The third-order valence-corrected chi connectivity index (χ3v) is 10.9. The van der Waals surface area contributed by atoms with Gasteiger partial charge >= 0.3 is 0 Å². The summed E-state index contributed by atoms with van der Waals surface area (Å²) < 4.78 is 5.32. The van der Waals surface area contributed by atoms with E-state index in [0.29, 0.717) is 0 Å². The predicted octanol–water partition coefficient (Wildman–Crippen LogP) is 13.2. The Labute approximate surface area is 269 Å². The molecule has 0 atom stereocenters. The lowest BCUT2D eigenvalue weighted by Gasteiger charge is -2.25. The van der Waals surface area contributed by atoms with Gasteiger partial charge in [0.2, 0.25) is 0 Å². The number of benzene rings is 7. The Morgan fingerprint density at radius 1 is 0.289 bits per heavy atom. The Morgan fingerprint density at radius 2 is 0.778 bits per heavy atom. The van der Waals surface area contributed by atoms with E-state index in [0.717, 1.165) is 17.1 Å².